The minimum Gasteiger partial charge on any atom is -0.496 e. The summed E-state index contributed by atoms with van der Waals surface area (Å²) in [5.41, 5.74) is -0.604. The maximum atomic E-state index is 12.2. The number of hydrogen-bond acceptors (Lipinski definition) is 5. The van der Waals surface area contributed by atoms with Crippen LogP contribution >= 0.6 is 11.6 Å². The quantitative estimate of drug-likeness (QED) is 0.453. The molecule has 0 fully saturated rings. The van der Waals surface area contributed by atoms with E-state index in [1.54, 1.807) is 31.2 Å². The van der Waals surface area contributed by atoms with Gasteiger partial charge in [-0.25, -0.2) is 4.18 Å². The van der Waals surface area contributed by atoms with Crippen molar-refractivity contribution in [3.05, 3.63) is 59.7 Å². The maximum Gasteiger partial charge on any atom is 0.298 e. The average Bonchev–Trinajstić information content (AvgIpc) is 2.54. The first-order valence-electron chi connectivity index (χ1n) is 6.66. The molecular formula is C16H15ClO5S. The van der Waals surface area contributed by atoms with Crippen LogP contribution in [-0.4, -0.2) is 26.9 Å². The van der Waals surface area contributed by atoms with Crippen molar-refractivity contribution in [3.8, 4) is 5.75 Å². The van der Waals surface area contributed by atoms with Crippen molar-refractivity contribution in [3.63, 3.8) is 0 Å². The number of hydrogen-bond donors (Lipinski definition) is 0. The lowest BCUT2D eigenvalue weighted by molar-refractivity contribution is 0.0889. The maximum absolute atomic E-state index is 12.2. The highest BCUT2D eigenvalue weighted by Crippen LogP contribution is 2.25. The van der Waals surface area contributed by atoms with Gasteiger partial charge in [0.25, 0.3) is 10.1 Å². The van der Waals surface area contributed by atoms with Crippen molar-refractivity contribution >= 4 is 27.5 Å². The molecule has 0 radical (unpaired) electrons. The topological polar surface area (TPSA) is 69.7 Å². The number of carbonyl (C=O) groups excluding carboxylic acids is 1. The summed E-state index contributed by atoms with van der Waals surface area (Å²) in [5, 5.41) is 0. The standard InChI is InChI=1S/C16H15ClO5S/c1-11-8-9-13(10-14(11)21-2)23(19,20)22-16(17)15(18)12-6-4-3-5-7-12/h3-10,16H,1-2H3. The number of ether oxygens (including phenoxy) is 1. The molecule has 0 saturated heterocycles. The summed E-state index contributed by atoms with van der Waals surface area (Å²) in [6.45, 7) is 1.78. The van der Waals surface area contributed by atoms with E-state index >= 15 is 0 Å². The van der Waals surface area contributed by atoms with Gasteiger partial charge in [-0.2, -0.15) is 8.42 Å². The highest BCUT2D eigenvalue weighted by Gasteiger charge is 2.27. The lowest BCUT2D eigenvalue weighted by Gasteiger charge is -2.12. The minimum atomic E-state index is -4.19. The molecular weight excluding hydrogens is 340 g/mol. The number of Topliss-reactive ketones (excluding diaryl/α,β-unsaturated/α-hetero) is 1. The van der Waals surface area contributed by atoms with Crippen LogP contribution in [0.5, 0.6) is 5.75 Å². The van der Waals surface area contributed by atoms with E-state index in [-0.39, 0.29) is 10.5 Å². The van der Waals surface area contributed by atoms with Gasteiger partial charge in [-0.15, -0.1) is 0 Å². The molecule has 0 amide bonds. The van der Waals surface area contributed by atoms with Crippen molar-refractivity contribution in [1.29, 1.82) is 0 Å². The Hall–Kier alpha value is -1.89. The molecule has 1 atom stereocenters. The number of rotatable bonds is 6. The van der Waals surface area contributed by atoms with E-state index in [4.69, 9.17) is 20.5 Å². The molecule has 0 aliphatic heterocycles. The van der Waals surface area contributed by atoms with E-state index < -0.39 is 21.5 Å². The molecule has 2 rings (SSSR count). The first-order valence-corrected chi connectivity index (χ1v) is 8.51. The van der Waals surface area contributed by atoms with E-state index in [9.17, 15) is 13.2 Å². The van der Waals surface area contributed by atoms with E-state index in [1.807, 2.05) is 0 Å². The summed E-state index contributed by atoms with van der Waals surface area (Å²) in [6, 6.07) is 12.4. The zero-order valence-electron chi connectivity index (χ0n) is 12.5. The van der Waals surface area contributed by atoms with Crippen LogP contribution in [0.15, 0.2) is 53.4 Å². The van der Waals surface area contributed by atoms with Gasteiger partial charge < -0.3 is 4.74 Å². The lowest BCUT2D eigenvalue weighted by atomic mass is 10.1. The Morgan fingerprint density at radius 2 is 1.78 bits per heavy atom. The van der Waals surface area contributed by atoms with Crippen molar-refractivity contribution in [2.24, 2.45) is 0 Å². The summed E-state index contributed by atoms with van der Waals surface area (Å²) < 4.78 is 34.4. The number of ketones is 1. The highest BCUT2D eigenvalue weighted by atomic mass is 35.5. The predicted molar refractivity (Wildman–Crippen MR) is 86.4 cm³/mol. The summed E-state index contributed by atoms with van der Waals surface area (Å²) in [5.74, 6) is -0.231. The molecule has 1 unspecified atom stereocenters. The Balaban J connectivity index is 2.22. The van der Waals surface area contributed by atoms with Crippen LogP contribution in [0.4, 0.5) is 0 Å². The van der Waals surface area contributed by atoms with Crippen molar-refractivity contribution in [2.75, 3.05) is 7.11 Å². The second kappa shape index (κ2) is 7.12. The van der Waals surface area contributed by atoms with Crippen LogP contribution in [0.2, 0.25) is 0 Å². The van der Waals surface area contributed by atoms with E-state index in [0.29, 0.717) is 5.75 Å². The number of carbonyl (C=O) groups is 1. The minimum absolute atomic E-state index is 0.133. The number of benzene rings is 2. The molecule has 0 aliphatic carbocycles. The molecule has 0 spiro atoms. The van der Waals surface area contributed by atoms with E-state index in [0.717, 1.165) is 5.56 Å². The van der Waals surface area contributed by atoms with Gasteiger partial charge in [-0.3, -0.25) is 4.79 Å². The fraction of sp³-hybridized carbons (Fsp3) is 0.188. The van der Waals surface area contributed by atoms with Crippen LogP contribution in [0.25, 0.3) is 0 Å². The Bertz CT molecular complexity index is 802. The van der Waals surface area contributed by atoms with Gasteiger partial charge in [0, 0.05) is 11.6 Å². The van der Waals surface area contributed by atoms with Crippen LogP contribution < -0.4 is 4.74 Å². The summed E-state index contributed by atoms with van der Waals surface area (Å²) >= 11 is 5.82. The number of alkyl halides is 1. The Kier molecular flexibility index (Phi) is 5.41. The summed E-state index contributed by atoms with van der Waals surface area (Å²) in [6.07, 6.45) is 0. The van der Waals surface area contributed by atoms with Crippen LogP contribution in [0.1, 0.15) is 15.9 Å². The van der Waals surface area contributed by atoms with Gasteiger partial charge >= 0.3 is 0 Å². The van der Waals surface area contributed by atoms with Gasteiger partial charge in [-0.05, 0) is 18.6 Å². The molecule has 5 nitrogen and oxygen atoms in total. The van der Waals surface area contributed by atoms with Crippen LogP contribution in [-0.2, 0) is 14.3 Å². The second-order valence-electron chi connectivity index (χ2n) is 4.73. The third kappa shape index (κ3) is 4.10. The van der Waals surface area contributed by atoms with Gasteiger partial charge in [0.2, 0.25) is 11.3 Å². The molecule has 0 aromatic heterocycles. The Morgan fingerprint density at radius 1 is 1.13 bits per heavy atom. The zero-order chi connectivity index (χ0) is 17.0. The molecule has 0 bridgehead atoms. The molecule has 0 heterocycles. The molecule has 0 N–H and O–H groups in total. The van der Waals surface area contributed by atoms with Crippen molar-refractivity contribution in [2.45, 2.75) is 17.4 Å². The summed E-state index contributed by atoms with van der Waals surface area (Å²) in [7, 11) is -2.76. The average molecular weight is 355 g/mol. The molecule has 0 saturated carbocycles. The van der Waals surface area contributed by atoms with Gasteiger partial charge in [0.1, 0.15) is 5.75 Å². The number of halogens is 1. The summed E-state index contributed by atoms with van der Waals surface area (Å²) in [4.78, 5) is 12.0. The van der Waals surface area contributed by atoms with Crippen LogP contribution in [0, 0.1) is 6.92 Å². The molecule has 122 valence electrons. The molecule has 2 aromatic rings. The smallest absolute Gasteiger partial charge is 0.298 e. The third-order valence-corrected chi connectivity index (χ3v) is 4.81. The number of aryl methyl sites for hydroxylation is 1. The first kappa shape index (κ1) is 17.5. The molecule has 2 aromatic carbocycles. The second-order valence-corrected chi connectivity index (χ2v) is 6.70. The van der Waals surface area contributed by atoms with Crippen LogP contribution in [0.3, 0.4) is 0 Å². The van der Waals surface area contributed by atoms with Gasteiger partial charge in [-0.1, -0.05) is 48.0 Å². The fourth-order valence-electron chi connectivity index (χ4n) is 1.90. The van der Waals surface area contributed by atoms with E-state index in [2.05, 4.69) is 0 Å². The first-order chi connectivity index (χ1) is 10.8. The van der Waals surface area contributed by atoms with E-state index in [1.165, 1.54) is 31.4 Å². The lowest BCUT2D eigenvalue weighted by Crippen LogP contribution is -2.22. The Labute approximate surface area is 139 Å². The monoisotopic (exact) mass is 354 g/mol. The van der Waals surface area contributed by atoms with Gasteiger partial charge in [0.15, 0.2) is 0 Å². The molecule has 7 heteroatoms. The van der Waals surface area contributed by atoms with Gasteiger partial charge in [0.05, 0.1) is 12.0 Å². The number of methoxy groups -OCH3 is 1. The van der Waals surface area contributed by atoms with Crippen molar-refractivity contribution < 1.29 is 22.1 Å². The van der Waals surface area contributed by atoms with Crippen molar-refractivity contribution in [1.82, 2.24) is 0 Å². The Morgan fingerprint density at radius 3 is 2.39 bits per heavy atom. The predicted octanol–water partition coefficient (Wildman–Crippen LogP) is 3.16. The largest absolute Gasteiger partial charge is 0.496 e. The highest BCUT2D eigenvalue weighted by molar-refractivity contribution is 7.86. The SMILES string of the molecule is COc1cc(S(=O)(=O)OC(Cl)C(=O)c2ccccc2)ccc1C. The fourth-order valence-corrected chi connectivity index (χ4v) is 3.22. The molecule has 0 aliphatic rings. The normalized spacial score (nSPS) is 12.7. The zero-order valence-corrected chi connectivity index (χ0v) is 14.1. The third-order valence-electron chi connectivity index (χ3n) is 3.14. The molecule has 23 heavy (non-hydrogen) atoms.